The maximum atomic E-state index is 12.8. The van der Waals surface area contributed by atoms with Crippen LogP contribution in [0.1, 0.15) is 22.8 Å². The Kier molecular flexibility index (Phi) is 5.86. The number of hydrogen-bond donors (Lipinski definition) is 1. The first-order valence-electron chi connectivity index (χ1n) is 8.95. The molecular weight excluding hydrogens is 348 g/mol. The molecule has 0 aromatic heterocycles. The number of piperazine rings is 1. The van der Waals surface area contributed by atoms with Crippen LogP contribution in [0, 0.1) is 0 Å². The molecule has 1 aliphatic rings. The van der Waals surface area contributed by atoms with E-state index in [1.165, 1.54) is 29.5 Å². The standard InChI is InChI=1S/C20H24N2O3S/c1-17(23)19-7-9-20(10-8-19)26(24,25)22-15-13-21(14-16-22)12-11-18-5-3-2-4-6-18/h2-10H,11-16H2,1H3/p+1. The molecule has 1 aliphatic heterocycles. The third kappa shape index (κ3) is 4.38. The molecule has 1 saturated heterocycles. The van der Waals surface area contributed by atoms with Gasteiger partial charge in [0, 0.05) is 12.0 Å². The van der Waals surface area contributed by atoms with Gasteiger partial charge in [-0.2, -0.15) is 4.31 Å². The van der Waals surface area contributed by atoms with Gasteiger partial charge in [-0.1, -0.05) is 42.5 Å². The summed E-state index contributed by atoms with van der Waals surface area (Å²) in [6.07, 6.45) is 1.01. The zero-order chi connectivity index (χ0) is 18.6. The zero-order valence-corrected chi connectivity index (χ0v) is 15.8. The van der Waals surface area contributed by atoms with Gasteiger partial charge in [0.15, 0.2) is 5.78 Å². The third-order valence-electron chi connectivity index (χ3n) is 4.94. The quantitative estimate of drug-likeness (QED) is 0.769. The predicted molar refractivity (Wildman–Crippen MR) is 101 cm³/mol. The van der Waals surface area contributed by atoms with Crippen molar-refractivity contribution in [3.63, 3.8) is 0 Å². The second-order valence-corrected chi connectivity index (χ2v) is 8.66. The lowest BCUT2D eigenvalue weighted by molar-refractivity contribution is -0.903. The Morgan fingerprint density at radius 2 is 1.62 bits per heavy atom. The molecule has 26 heavy (non-hydrogen) atoms. The number of benzene rings is 2. The van der Waals surface area contributed by atoms with Crippen LogP contribution in [-0.4, -0.2) is 51.2 Å². The maximum Gasteiger partial charge on any atom is 0.243 e. The highest BCUT2D eigenvalue weighted by atomic mass is 32.2. The molecule has 1 N–H and O–H groups in total. The lowest BCUT2D eigenvalue weighted by Gasteiger charge is -2.31. The van der Waals surface area contributed by atoms with Crippen molar-refractivity contribution in [3.8, 4) is 0 Å². The molecule has 0 atom stereocenters. The number of Topliss-reactive ketones (excluding diaryl/α,β-unsaturated/α-hetero) is 1. The molecule has 1 heterocycles. The molecule has 1 fully saturated rings. The SMILES string of the molecule is CC(=O)c1ccc(S(=O)(=O)N2CC[NH+](CCc3ccccc3)CC2)cc1. The summed E-state index contributed by atoms with van der Waals surface area (Å²) in [5, 5.41) is 0. The molecule has 138 valence electrons. The molecule has 5 nitrogen and oxygen atoms in total. The van der Waals surface area contributed by atoms with E-state index < -0.39 is 10.0 Å². The molecule has 6 heteroatoms. The first kappa shape index (κ1) is 18.8. The topological polar surface area (TPSA) is 58.9 Å². The van der Waals surface area contributed by atoms with E-state index in [0.29, 0.717) is 18.7 Å². The third-order valence-corrected chi connectivity index (χ3v) is 6.85. The molecule has 0 bridgehead atoms. The van der Waals surface area contributed by atoms with Crippen LogP contribution in [0.5, 0.6) is 0 Å². The van der Waals surface area contributed by atoms with E-state index in [4.69, 9.17) is 0 Å². The first-order valence-corrected chi connectivity index (χ1v) is 10.4. The average Bonchev–Trinajstić information content (AvgIpc) is 2.67. The van der Waals surface area contributed by atoms with Crippen molar-refractivity contribution < 1.29 is 18.1 Å². The van der Waals surface area contributed by atoms with Crippen molar-refractivity contribution >= 4 is 15.8 Å². The monoisotopic (exact) mass is 373 g/mol. The Morgan fingerprint density at radius 3 is 2.19 bits per heavy atom. The van der Waals surface area contributed by atoms with Gasteiger partial charge in [0.2, 0.25) is 10.0 Å². The molecule has 0 radical (unpaired) electrons. The van der Waals surface area contributed by atoms with Crippen LogP contribution in [0.3, 0.4) is 0 Å². The van der Waals surface area contributed by atoms with Crippen LogP contribution in [0.15, 0.2) is 59.5 Å². The molecule has 0 unspecified atom stereocenters. The van der Waals surface area contributed by atoms with E-state index in [1.54, 1.807) is 16.4 Å². The predicted octanol–water partition coefficient (Wildman–Crippen LogP) is 1.02. The number of quaternary nitrogens is 1. The molecule has 0 spiro atoms. The average molecular weight is 373 g/mol. The summed E-state index contributed by atoms with van der Waals surface area (Å²) >= 11 is 0. The van der Waals surface area contributed by atoms with Gasteiger partial charge in [0.05, 0.1) is 37.6 Å². The fourth-order valence-electron chi connectivity index (χ4n) is 3.27. The lowest BCUT2D eigenvalue weighted by Crippen LogP contribution is -3.15. The Labute approximate surface area is 155 Å². The van der Waals surface area contributed by atoms with E-state index in [0.717, 1.165) is 26.1 Å². The molecule has 0 aliphatic carbocycles. The van der Waals surface area contributed by atoms with E-state index in [2.05, 4.69) is 12.1 Å². The minimum atomic E-state index is -3.49. The summed E-state index contributed by atoms with van der Waals surface area (Å²) in [5.41, 5.74) is 1.85. The fraction of sp³-hybridized carbons (Fsp3) is 0.350. The highest BCUT2D eigenvalue weighted by Crippen LogP contribution is 2.16. The number of hydrogen-bond acceptors (Lipinski definition) is 3. The van der Waals surface area contributed by atoms with Crippen LogP contribution in [0.25, 0.3) is 0 Å². The zero-order valence-electron chi connectivity index (χ0n) is 15.0. The van der Waals surface area contributed by atoms with Crippen molar-refractivity contribution in [2.45, 2.75) is 18.2 Å². The van der Waals surface area contributed by atoms with E-state index in [1.807, 2.05) is 18.2 Å². The summed E-state index contributed by atoms with van der Waals surface area (Å²) in [6.45, 7) is 5.18. The highest BCUT2D eigenvalue weighted by Gasteiger charge is 2.30. The summed E-state index contributed by atoms with van der Waals surface area (Å²) in [4.78, 5) is 13.0. The number of ketones is 1. The normalized spacial score (nSPS) is 16.5. The van der Waals surface area contributed by atoms with Gasteiger partial charge in [0.1, 0.15) is 0 Å². The van der Waals surface area contributed by atoms with Gasteiger partial charge in [-0.05, 0) is 24.6 Å². The first-order chi connectivity index (χ1) is 12.5. The van der Waals surface area contributed by atoms with E-state index in [-0.39, 0.29) is 10.7 Å². The number of carbonyl (C=O) groups is 1. The molecule has 2 aromatic rings. The minimum Gasteiger partial charge on any atom is -0.332 e. The Morgan fingerprint density at radius 1 is 1.00 bits per heavy atom. The van der Waals surface area contributed by atoms with Crippen molar-refractivity contribution in [1.82, 2.24) is 4.31 Å². The van der Waals surface area contributed by atoms with Gasteiger partial charge < -0.3 is 4.90 Å². The molecule has 0 saturated carbocycles. The Hall–Kier alpha value is -2.02. The molecule has 3 rings (SSSR count). The summed E-state index contributed by atoms with van der Waals surface area (Å²) in [6, 6.07) is 16.6. The van der Waals surface area contributed by atoms with Crippen LogP contribution < -0.4 is 4.90 Å². The largest absolute Gasteiger partial charge is 0.332 e. The van der Waals surface area contributed by atoms with Gasteiger partial charge in [-0.3, -0.25) is 4.79 Å². The van der Waals surface area contributed by atoms with Gasteiger partial charge >= 0.3 is 0 Å². The van der Waals surface area contributed by atoms with Crippen molar-refractivity contribution in [2.24, 2.45) is 0 Å². The van der Waals surface area contributed by atoms with Crippen molar-refractivity contribution in [1.29, 1.82) is 0 Å². The number of carbonyl (C=O) groups excluding carboxylic acids is 1. The van der Waals surface area contributed by atoms with E-state index in [9.17, 15) is 13.2 Å². The number of nitrogens with one attached hydrogen (secondary N) is 1. The van der Waals surface area contributed by atoms with Gasteiger partial charge in [-0.25, -0.2) is 8.42 Å². The molecular formula is C20H25N2O3S+. The molecule has 2 aromatic carbocycles. The fourth-order valence-corrected chi connectivity index (χ4v) is 4.71. The summed E-state index contributed by atoms with van der Waals surface area (Å²) in [7, 11) is -3.49. The lowest BCUT2D eigenvalue weighted by atomic mass is 10.1. The van der Waals surface area contributed by atoms with Crippen molar-refractivity contribution in [3.05, 3.63) is 65.7 Å². The van der Waals surface area contributed by atoms with Crippen LogP contribution in [0.2, 0.25) is 0 Å². The number of nitrogens with zero attached hydrogens (tertiary/aromatic N) is 1. The van der Waals surface area contributed by atoms with E-state index >= 15 is 0 Å². The minimum absolute atomic E-state index is 0.0652. The van der Waals surface area contributed by atoms with Crippen LogP contribution in [0.4, 0.5) is 0 Å². The number of rotatable bonds is 6. The van der Waals surface area contributed by atoms with Gasteiger partial charge in [0.25, 0.3) is 0 Å². The maximum absolute atomic E-state index is 12.8. The molecule has 0 amide bonds. The number of sulfonamides is 1. The summed E-state index contributed by atoms with van der Waals surface area (Å²) in [5.74, 6) is -0.0652. The van der Waals surface area contributed by atoms with Gasteiger partial charge in [-0.15, -0.1) is 0 Å². The smallest absolute Gasteiger partial charge is 0.243 e. The summed E-state index contributed by atoms with van der Waals surface area (Å²) < 4.78 is 27.1. The van der Waals surface area contributed by atoms with Crippen molar-refractivity contribution in [2.75, 3.05) is 32.7 Å². The van der Waals surface area contributed by atoms with Crippen LogP contribution in [-0.2, 0) is 16.4 Å². The highest BCUT2D eigenvalue weighted by molar-refractivity contribution is 7.89. The van der Waals surface area contributed by atoms with Crippen LogP contribution >= 0.6 is 0 Å². The Bertz CT molecular complexity index is 840. The second-order valence-electron chi connectivity index (χ2n) is 6.72. The second kappa shape index (κ2) is 8.12. The Balaban J connectivity index is 1.57.